The van der Waals surface area contributed by atoms with Crippen LogP contribution in [0.1, 0.15) is 48.6 Å². The van der Waals surface area contributed by atoms with E-state index in [0.717, 1.165) is 39.2 Å². The molecule has 2 aliphatic rings. The smallest absolute Gasteiger partial charge is 0.153 e. The first-order valence-corrected chi connectivity index (χ1v) is 12.5. The van der Waals surface area contributed by atoms with Gasteiger partial charge in [0.05, 0.1) is 16.6 Å². The molecule has 0 aliphatic heterocycles. The monoisotopic (exact) mass is 479 g/mol. The summed E-state index contributed by atoms with van der Waals surface area (Å²) < 4.78 is 6.25. The lowest BCUT2D eigenvalue weighted by atomic mass is 9.77. The molecule has 2 heterocycles. The summed E-state index contributed by atoms with van der Waals surface area (Å²) in [5, 5.41) is 11.1. The van der Waals surface area contributed by atoms with Crippen LogP contribution in [0.15, 0.2) is 60.8 Å². The molecule has 2 aliphatic carbocycles. The summed E-state index contributed by atoms with van der Waals surface area (Å²) >= 11 is 6.92. The summed E-state index contributed by atoms with van der Waals surface area (Å²) in [5.74, 6) is 2.36. The highest BCUT2D eigenvalue weighted by Crippen LogP contribution is 2.61. The Morgan fingerprint density at radius 2 is 1.89 bits per heavy atom. The fourth-order valence-electron chi connectivity index (χ4n) is 5.91. The molecule has 0 radical (unpaired) electrons. The molecule has 6 rings (SSSR count). The minimum Gasteiger partial charge on any atom is -0.488 e. The minimum atomic E-state index is 0.155. The number of nitriles is 1. The van der Waals surface area contributed by atoms with E-state index >= 15 is 0 Å². The third-order valence-electron chi connectivity index (χ3n) is 7.76. The summed E-state index contributed by atoms with van der Waals surface area (Å²) in [5.41, 5.74) is 6.34. The Balaban J connectivity index is 1.43. The molecule has 2 saturated carbocycles. The van der Waals surface area contributed by atoms with Crippen molar-refractivity contribution in [2.45, 2.75) is 45.1 Å². The molecule has 2 aromatic carbocycles. The third kappa shape index (κ3) is 3.94. The van der Waals surface area contributed by atoms with E-state index in [0.29, 0.717) is 29.0 Å². The van der Waals surface area contributed by atoms with Gasteiger partial charge in [-0.3, -0.25) is 0 Å². The van der Waals surface area contributed by atoms with Crippen LogP contribution in [-0.2, 0) is 12.0 Å². The number of benzene rings is 2. The largest absolute Gasteiger partial charge is 0.488 e. The molecular formula is C30H26ClN3O. The van der Waals surface area contributed by atoms with Gasteiger partial charge in [-0.15, -0.1) is 0 Å². The number of rotatable bonds is 5. The summed E-state index contributed by atoms with van der Waals surface area (Å²) in [7, 11) is 0. The lowest BCUT2D eigenvalue weighted by Gasteiger charge is -2.28. The van der Waals surface area contributed by atoms with Crippen molar-refractivity contribution in [1.29, 1.82) is 5.26 Å². The second-order valence-corrected chi connectivity index (χ2v) is 10.7. The Morgan fingerprint density at radius 3 is 2.63 bits per heavy atom. The molecule has 174 valence electrons. The lowest BCUT2D eigenvalue weighted by Crippen LogP contribution is -2.20. The van der Waals surface area contributed by atoms with Crippen LogP contribution in [0.2, 0.25) is 5.02 Å². The Hall–Kier alpha value is -3.42. The number of aryl methyl sites for hydroxylation is 1. The summed E-state index contributed by atoms with van der Waals surface area (Å²) in [6.07, 6.45) is 5.46. The topological polar surface area (TPSA) is 58.8 Å². The first kappa shape index (κ1) is 22.1. The first-order valence-electron chi connectivity index (χ1n) is 12.1. The molecule has 0 spiro atoms. The van der Waals surface area contributed by atoms with Crippen molar-refractivity contribution in [3.05, 3.63) is 88.2 Å². The van der Waals surface area contributed by atoms with Crippen LogP contribution < -0.4 is 4.74 Å². The van der Waals surface area contributed by atoms with Crippen molar-refractivity contribution >= 4 is 22.5 Å². The van der Waals surface area contributed by atoms with Crippen LogP contribution in [0, 0.1) is 30.1 Å². The Bertz CT molecular complexity index is 1480. The van der Waals surface area contributed by atoms with E-state index in [9.17, 15) is 5.26 Å². The second kappa shape index (κ2) is 8.36. The standard InChI is InChI=1S/C30H26ClN3O/c1-18-10-23(30(2)14-20-11-21(20)15-30)24(31)12-22(18)26-13-28(35-17-19-6-4-3-5-7-19)29-25(34-26)8-9-33-27(29)16-32/h3-10,12-13,20-21H,11,14-15,17H2,1-2H3. The highest BCUT2D eigenvalue weighted by Gasteiger charge is 2.52. The normalized spacial score (nSPS) is 22.6. The number of fused-ring (bicyclic) bond motifs is 2. The molecule has 4 nitrogen and oxygen atoms in total. The molecule has 2 aromatic heterocycles. The SMILES string of the molecule is Cc1cc(C2(C)CC3CC3C2)c(Cl)cc1-c1cc(OCc2ccccc2)c2c(C#N)nccc2n1. The van der Waals surface area contributed by atoms with Gasteiger partial charge in [0.15, 0.2) is 5.69 Å². The molecule has 0 amide bonds. The van der Waals surface area contributed by atoms with Gasteiger partial charge in [0.25, 0.3) is 0 Å². The molecule has 0 saturated heterocycles. The van der Waals surface area contributed by atoms with Crippen molar-refractivity contribution in [3.63, 3.8) is 0 Å². The Labute approximate surface area is 210 Å². The van der Waals surface area contributed by atoms with Gasteiger partial charge in [-0.25, -0.2) is 9.97 Å². The van der Waals surface area contributed by atoms with Crippen LogP contribution in [0.5, 0.6) is 5.75 Å². The van der Waals surface area contributed by atoms with Crippen LogP contribution in [-0.4, -0.2) is 9.97 Å². The Kier molecular flexibility index (Phi) is 5.27. The van der Waals surface area contributed by atoms with Gasteiger partial charge >= 0.3 is 0 Å². The number of nitrogens with zero attached hydrogens (tertiary/aromatic N) is 3. The lowest BCUT2D eigenvalue weighted by molar-refractivity contribution is 0.310. The fourth-order valence-corrected chi connectivity index (χ4v) is 6.30. The Morgan fingerprint density at radius 1 is 1.11 bits per heavy atom. The predicted molar refractivity (Wildman–Crippen MR) is 138 cm³/mol. The number of hydrogen-bond acceptors (Lipinski definition) is 4. The molecule has 4 aromatic rings. The number of pyridine rings is 2. The van der Waals surface area contributed by atoms with Crippen molar-refractivity contribution in [3.8, 4) is 23.1 Å². The van der Waals surface area contributed by atoms with Gasteiger partial charge < -0.3 is 4.74 Å². The summed E-state index contributed by atoms with van der Waals surface area (Å²) in [6, 6.07) is 20.2. The van der Waals surface area contributed by atoms with E-state index in [1.807, 2.05) is 42.5 Å². The number of aromatic nitrogens is 2. The van der Waals surface area contributed by atoms with Crippen LogP contribution in [0.3, 0.4) is 0 Å². The van der Waals surface area contributed by atoms with Gasteiger partial charge in [-0.1, -0.05) is 54.9 Å². The van der Waals surface area contributed by atoms with E-state index in [1.54, 1.807) is 6.20 Å². The molecule has 0 bridgehead atoms. The zero-order valence-corrected chi connectivity index (χ0v) is 20.6. The summed E-state index contributed by atoms with van der Waals surface area (Å²) in [4.78, 5) is 9.15. The maximum Gasteiger partial charge on any atom is 0.153 e. The molecule has 5 heteroatoms. The zero-order chi connectivity index (χ0) is 24.2. The zero-order valence-electron chi connectivity index (χ0n) is 19.9. The van der Waals surface area contributed by atoms with E-state index in [4.69, 9.17) is 21.3 Å². The highest BCUT2D eigenvalue weighted by atomic mass is 35.5. The van der Waals surface area contributed by atoms with E-state index in [2.05, 4.69) is 37.0 Å². The van der Waals surface area contributed by atoms with E-state index < -0.39 is 0 Å². The third-order valence-corrected chi connectivity index (χ3v) is 8.07. The van der Waals surface area contributed by atoms with Gasteiger partial charge in [0.1, 0.15) is 18.4 Å². The predicted octanol–water partition coefficient (Wildman–Crippen LogP) is 7.40. The molecular weight excluding hydrogens is 454 g/mol. The maximum absolute atomic E-state index is 9.68. The van der Waals surface area contributed by atoms with Gasteiger partial charge in [-0.2, -0.15) is 5.26 Å². The van der Waals surface area contributed by atoms with Crippen molar-refractivity contribution in [1.82, 2.24) is 9.97 Å². The van der Waals surface area contributed by atoms with Gasteiger partial charge in [-0.05, 0) is 72.3 Å². The molecule has 35 heavy (non-hydrogen) atoms. The molecule has 0 N–H and O–H groups in total. The van der Waals surface area contributed by atoms with Crippen LogP contribution >= 0.6 is 11.6 Å². The quantitative estimate of drug-likeness (QED) is 0.299. The number of hydrogen-bond donors (Lipinski definition) is 0. The number of halogens is 1. The van der Waals surface area contributed by atoms with Crippen molar-refractivity contribution in [2.24, 2.45) is 11.8 Å². The maximum atomic E-state index is 9.68. The summed E-state index contributed by atoms with van der Waals surface area (Å²) in [6.45, 7) is 4.87. The molecule has 2 atom stereocenters. The fraction of sp³-hybridized carbons (Fsp3) is 0.300. The van der Waals surface area contributed by atoms with Crippen LogP contribution in [0.4, 0.5) is 0 Å². The molecule has 2 unspecified atom stereocenters. The van der Waals surface area contributed by atoms with E-state index in [-0.39, 0.29) is 5.41 Å². The van der Waals surface area contributed by atoms with Crippen LogP contribution in [0.25, 0.3) is 22.2 Å². The first-order chi connectivity index (χ1) is 16.9. The van der Waals surface area contributed by atoms with E-state index in [1.165, 1.54) is 24.8 Å². The van der Waals surface area contributed by atoms with Gasteiger partial charge in [0.2, 0.25) is 0 Å². The highest BCUT2D eigenvalue weighted by molar-refractivity contribution is 6.31. The second-order valence-electron chi connectivity index (χ2n) is 10.3. The minimum absolute atomic E-state index is 0.155. The average molecular weight is 480 g/mol. The average Bonchev–Trinajstić information content (AvgIpc) is 3.49. The van der Waals surface area contributed by atoms with Crippen molar-refractivity contribution in [2.75, 3.05) is 0 Å². The van der Waals surface area contributed by atoms with Crippen molar-refractivity contribution < 1.29 is 4.74 Å². The molecule has 2 fully saturated rings. The number of ether oxygens (including phenoxy) is 1. The van der Waals surface area contributed by atoms with Gasteiger partial charge in [0, 0.05) is 22.8 Å².